The smallest absolute Gasteiger partial charge is 0.325 e. The Morgan fingerprint density at radius 3 is 2.73 bits per heavy atom. The van der Waals surface area contributed by atoms with Crippen molar-refractivity contribution in [2.24, 2.45) is 0 Å². The third-order valence-electron chi connectivity index (χ3n) is 3.20. The maximum absolute atomic E-state index is 13.1. The van der Waals surface area contributed by atoms with Crippen molar-refractivity contribution in [3.05, 3.63) is 42.7 Å². The van der Waals surface area contributed by atoms with Crippen LogP contribution in [-0.4, -0.2) is 45.5 Å². The number of carbonyl (C=O) groups is 2. The molecule has 0 radical (unpaired) electrons. The third kappa shape index (κ3) is 5.41. The summed E-state index contributed by atoms with van der Waals surface area (Å²) in [6, 6.07) is 5.91. The molecule has 1 N–H and O–H groups in total. The molecule has 7 nitrogen and oxygen atoms in total. The number of nitrogens with zero attached hydrogens (tertiary/aromatic N) is 3. The second-order valence-electron chi connectivity index (χ2n) is 5.08. The Labute approximate surface area is 154 Å². The molecule has 9 heteroatoms. The summed E-state index contributed by atoms with van der Waals surface area (Å²) >= 11 is 1.18. The highest BCUT2D eigenvalue weighted by atomic mass is 32.2. The molecule has 0 saturated heterocycles. The summed E-state index contributed by atoms with van der Waals surface area (Å²) in [6.07, 6.45) is 1.68. The fourth-order valence-corrected chi connectivity index (χ4v) is 2.84. The van der Waals surface area contributed by atoms with E-state index < -0.39 is 5.97 Å². The Bertz CT molecular complexity index is 777. The second-order valence-corrected chi connectivity index (χ2v) is 6.03. The van der Waals surface area contributed by atoms with Gasteiger partial charge >= 0.3 is 5.97 Å². The molecule has 0 bridgehead atoms. The average molecular weight is 378 g/mol. The Hall–Kier alpha value is -2.68. The van der Waals surface area contributed by atoms with Gasteiger partial charge in [-0.25, -0.2) is 4.39 Å². The summed E-state index contributed by atoms with van der Waals surface area (Å²) in [7, 11) is 0. The Morgan fingerprint density at radius 1 is 1.35 bits per heavy atom. The number of nitrogens with one attached hydrogen (secondary N) is 1. The first kappa shape index (κ1) is 19.6. The molecular weight excluding hydrogens is 359 g/mol. The quantitative estimate of drug-likeness (QED) is 0.408. The van der Waals surface area contributed by atoms with Gasteiger partial charge in [-0.1, -0.05) is 17.8 Å². The van der Waals surface area contributed by atoms with Gasteiger partial charge in [-0.05, 0) is 31.2 Å². The number of aromatic nitrogens is 3. The van der Waals surface area contributed by atoms with Crippen LogP contribution in [-0.2, 0) is 20.9 Å². The topological polar surface area (TPSA) is 86.1 Å². The predicted octanol–water partition coefficient (Wildman–Crippen LogP) is 2.04. The molecule has 1 heterocycles. The number of benzene rings is 1. The molecule has 2 rings (SSSR count). The number of rotatable bonds is 9. The van der Waals surface area contributed by atoms with Crippen molar-refractivity contribution >= 4 is 23.6 Å². The maximum atomic E-state index is 13.1. The van der Waals surface area contributed by atoms with Gasteiger partial charge in [0.2, 0.25) is 5.91 Å². The van der Waals surface area contributed by atoms with E-state index in [1.165, 1.54) is 23.9 Å². The van der Waals surface area contributed by atoms with E-state index in [9.17, 15) is 14.0 Å². The van der Waals surface area contributed by atoms with Crippen LogP contribution in [0.5, 0.6) is 0 Å². The minimum absolute atomic E-state index is 0.0676. The van der Waals surface area contributed by atoms with Crippen LogP contribution in [0.4, 0.5) is 4.39 Å². The lowest BCUT2D eigenvalue weighted by molar-refractivity contribution is -0.143. The monoisotopic (exact) mass is 378 g/mol. The summed E-state index contributed by atoms with van der Waals surface area (Å²) in [5.74, 6) is -0.521. The molecule has 0 spiro atoms. The lowest BCUT2D eigenvalue weighted by Crippen LogP contribution is -2.31. The molecule has 2 aromatic rings. The Morgan fingerprint density at radius 2 is 2.08 bits per heavy atom. The number of hydrogen-bond acceptors (Lipinski definition) is 6. The van der Waals surface area contributed by atoms with Crippen LogP contribution in [0.15, 0.2) is 42.1 Å². The zero-order chi connectivity index (χ0) is 18.9. The number of halogens is 1. The average Bonchev–Trinajstić information content (AvgIpc) is 3.02. The van der Waals surface area contributed by atoms with Crippen molar-refractivity contribution in [1.82, 2.24) is 20.1 Å². The number of ether oxygens (including phenoxy) is 1. The molecule has 0 aliphatic rings. The molecule has 26 heavy (non-hydrogen) atoms. The van der Waals surface area contributed by atoms with Gasteiger partial charge in [0.1, 0.15) is 12.4 Å². The highest BCUT2D eigenvalue weighted by Crippen LogP contribution is 2.24. The van der Waals surface area contributed by atoms with Gasteiger partial charge in [0, 0.05) is 12.1 Å². The van der Waals surface area contributed by atoms with E-state index in [4.69, 9.17) is 4.74 Å². The molecular formula is C17H19FN4O3S. The van der Waals surface area contributed by atoms with Crippen LogP contribution in [0, 0.1) is 5.82 Å². The molecule has 138 valence electrons. The summed E-state index contributed by atoms with van der Waals surface area (Å²) < 4.78 is 19.6. The number of carbonyl (C=O) groups excluding carboxylic acids is 2. The highest BCUT2D eigenvalue weighted by molar-refractivity contribution is 7.99. The fourth-order valence-electron chi connectivity index (χ4n) is 2.07. The minimum atomic E-state index is -0.487. The van der Waals surface area contributed by atoms with Crippen molar-refractivity contribution in [3.63, 3.8) is 0 Å². The Balaban J connectivity index is 2.03. The molecule has 1 amide bonds. The molecule has 0 fully saturated rings. The fraction of sp³-hybridized carbons (Fsp3) is 0.294. The molecule has 1 aromatic carbocycles. The number of allylic oxidation sites excluding steroid dienone is 1. The lowest BCUT2D eigenvalue weighted by Gasteiger charge is -2.08. The summed E-state index contributed by atoms with van der Waals surface area (Å²) in [6.45, 7) is 5.93. The first-order valence-electron chi connectivity index (χ1n) is 7.90. The zero-order valence-corrected chi connectivity index (χ0v) is 15.1. The van der Waals surface area contributed by atoms with E-state index in [1.54, 1.807) is 29.7 Å². The number of esters is 1. The Kier molecular flexibility index (Phi) is 7.34. The number of hydrogen-bond donors (Lipinski definition) is 1. The van der Waals surface area contributed by atoms with Crippen LogP contribution in [0.1, 0.15) is 6.92 Å². The van der Waals surface area contributed by atoms with Crippen molar-refractivity contribution in [1.29, 1.82) is 0 Å². The van der Waals surface area contributed by atoms with Crippen LogP contribution in [0.25, 0.3) is 11.4 Å². The maximum Gasteiger partial charge on any atom is 0.325 e. The third-order valence-corrected chi connectivity index (χ3v) is 4.17. The molecule has 0 aliphatic heterocycles. The number of amides is 1. The summed E-state index contributed by atoms with van der Waals surface area (Å²) in [5.41, 5.74) is 0.708. The van der Waals surface area contributed by atoms with Crippen molar-refractivity contribution in [2.45, 2.75) is 18.6 Å². The van der Waals surface area contributed by atoms with Gasteiger partial charge in [0.25, 0.3) is 0 Å². The molecule has 0 unspecified atom stereocenters. The predicted molar refractivity (Wildman–Crippen MR) is 96.0 cm³/mol. The molecule has 0 atom stereocenters. The van der Waals surface area contributed by atoms with Gasteiger partial charge < -0.3 is 10.1 Å². The van der Waals surface area contributed by atoms with E-state index in [0.29, 0.717) is 23.1 Å². The molecule has 1 aromatic heterocycles. The molecule has 0 saturated carbocycles. The summed E-state index contributed by atoms with van der Waals surface area (Å²) in [4.78, 5) is 23.1. The minimum Gasteiger partial charge on any atom is -0.465 e. The van der Waals surface area contributed by atoms with Gasteiger partial charge in [-0.3, -0.25) is 14.2 Å². The first-order valence-corrected chi connectivity index (χ1v) is 8.88. The van der Waals surface area contributed by atoms with Crippen molar-refractivity contribution in [2.75, 3.05) is 18.9 Å². The van der Waals surface area contributed by atoms with Gasteiger partial charge in [-0.2, -0.15) is 0 Å². The zero-order valence-electron chi connectivity index (χ0n) is 14.3. The largest absolute Gasteiger partial charge is 0.465 e. The van der Waals surface area contributed by atoms with E-state index in [2.05, 4.69) is 22.1 Å². The van der Waals surface area contributed by atoms with Crippen molar-refractivity contribution in [3.8, 4) is 11.4 Å². The van der Waals surface area contributed by atoms with E-state index in [1.807, 2.05) is 0 Å². The van der Waals surface area contributed by atoms with Crippen LogP contribution in [0.3, 0.4) is 0 Å². The van der Waals surface area contributed by atoms with Gasteiger partial charge in [-0.15, -0.1) is 16.8 Å². The first-order chi connectivity index (χ1) is 12.5. The summed E-state index contributed by atoms with van der Waals surface area (Å²) in [5, 5.41) is 11.2. The van der Waals surface area contributed by atoms with Crippen molar-refractivity contribution < 1.29 is 18.7 Å². The van der Waals surface area contributed by atoms with E-state index in [0.717, 1.165) is 0 Å². The van der Waals surface area contributed by atoms with Crippen LogP contribution < -0.4 is 5.32 Å². The van der Waals surface area contributed by atoms with E-state index >= 15 is 0 Å². The van der Waals surface area contributed by atoms with Gasteiger partial charge in [0.15, 0.2) is 11.0 Å². The van der Waals surface area contributed by atoms with Crippen LogP contribution in [0.2, 0.25) is 0 Å². The van der Waals surface area contributed by atoms with E-state index in [-0.39, 0.29) is 30.6 Å². The normalized spacial score (nSPS) is 10.4. The standard InChI is InChI=1S/C17H19FN4O3S/c1-3-9-22-16(12-5-7-13(18)8-6-12)20-21-17(22)26-11-14(23)19-10-15(24)25-4-2/h3,5-8H,1,4,9-11H2,2H3,(H,19,23). The molecule has 0 aliphatic carbocycles. The van der Waals surface area contributed by atoms with Gasteiger partial charge in [0.05, 0.1) is 12.4 Å². The highest BCUT2D eigenvalue weighted by Gasteiger charge is 2.15. The SMILES string of the molecule is C=CCn1c(SCC(=O)NCC(=O)OCC)nnc1-c1ccc(F)cc1. The van der Waals surface area contributed by atoms with Crippen LogP contribution >= 0.6 is 11.8 Å². The number of thioether (sulfide) groups is 1. The lowest BCUT2D eigenvalue weighted by atomic mass is 10.2. The second kappa shape index (κ2) is 9.71.